The van der Waals surface area contributed by atoms with Crippen LogP contribution in [-0.4, -0.2) is 40.1 Å². The lowest BCUT2D eigenvalue weighted by molar-refractivity contribution is -0.146. The van der Waals surface area contributed by atoms with Gasteiger partial charge < -0.3 is 19.5 Å². The van der Waals surface area contributed by atoms with E-state index in [0.717, 1.165) is 43.4 Å². The fraction of sp³-hybridized carbons (Fsp3) is 0.361. The molecule has 2 aliphatic rings. The molecule has 2 heterocycles. The second kappa shape index (κ2) is 14.7. The van der Waals surface area contributed by atoms with E-state index >= 15 is 0 Å². The van der Waals surface area contributed by atoms with Crippen LogP contribution in [0.25, 0.3) is 0 Å². The van der Waals surface area contributed by atoms with Gasteiger partial charge in [-0.25, -0.2) is 9.48 Å². The highest BCUT2D eigenvalue weighted by Crippen LogP contribution is 2.40. The van der Waals surface area contributed by atoms with E-state index < -0.39 is 6.04 Å². The molecule has 1 N–H and O–H groups in total. The number of hydrogen-bond donors (Lipinski definition) is 1. The van der Waals surface area contributed by atoms with Gasteiger partial charge in [-0.2, -0.15) is 4.98 Å². The summed E-state index contributed by atoms with van der Waals surface area (Å²) >= 11 is 1.56. The lowest BCUT2D eigenvalue weighted by Gasteiger charge is -2.30. The predicted molar refractivity (Wildman–Crippen MR) is 177 cm³/mol. The van der Waals surface area contributed by atoms with Crippen molar-refractivity contribution in [3.05, 3.63) is 107 Å². The quantitative estimate of drug-likeness (QED) is 0.126. The summed E-state index contributed by atoms with van der Waals surface area (Å²) in [4.78, 5) is 18.7. The number of thioether (sulfide) groups is 1. The van der Waals surface area contributed by atoms with E-state index in [1.54, 1.807) is 16.4 Å². The smallest absolute Gasteiger partial charge is 0.338 e. The van der Waals surface area contributed by atoms with Crippen LogP contribution in [0, 0.1) is 0 Å². The van der Waals surface area contributed by atoms with Gasteiger partial charge in [-0.1, -0.05) is 84.9 Å². The average molecular weight is 625 g/mol. The zero-order valence-corrected chi connectivity index (χ0v) is 26.7. The number of ether oxygens (including phenoxy) is 3. The van der Waals surface area contributed by atoms with Crippen LogP contribution in [0.4, 0.5) is 5.95 Å². The predicted octanol–water partition coefficient (Wildman–Crippen LogP) is 7.76. The van der Waals surface area contributed by atoms with Gasteiger partial charge in [-0.05, 0) is 68.4 Å². The first-order valence-electron chi connectivity index (χ1n) is 15.8. The Morgan fingerprint density at radius 2 is 1.67 bits per heavy atom. The maximum absolute atomic E-state index is 13.9. The molecule has 0 saturated heterocycles. The first kappa shape index (κ1) is 30.8. The second-order valence-electron chi connectivity index (χ2n) is 11.4. The third-order valence-corrected chi connectivity index (χ3v) is 9.07. The van der Waals surface area contributed by atoms with E-state index in [0.29, 0.717) is 47.1 Å². The van der Waals surface area contributed by atoms with Crippen molar-refractivity contribution in [2.75, 3.05) is 18.5 Å². The number of nitrogens with one attached hydrogen (secondary N) is 1. The van der Waals surface area contributed by atoms with E-state index in [4.69, 9.17) is 24.3 Å². The largest absolute Gasteiger partial charge is 0.490 e. The van der Waals surface area contributed by atoms with Gasteiger partial charge in [0.25, 0.3) is 0 Å². The van der Waals surface area contributed by atoms with Gasteiger partial charge in [0.2, 0.25) is 11.1 Å². The maximum Gasteiger partial charge on any atom is 0.338 e. The van der Waals surface area contributed by atoms with Crippen molar-refractivity contribution in [3.8, 4) is 11.5 Å². The molecular formula is C36H40N4O4S. The minimum Gasteiger partial charge on any atom is -0.490 e. The summed E-state index contributed by atoms with van der Waals surface area (Å²) in [6.45, 7) is 4.85. The van der Waals surface area contributed by atoms with E-state index in [-0.39, 0.29) is 12.1 Å². The van der Waals surface area contributed by atoms with Crippen LogP contribution in [0.5, 0.6) is 11.5 Å². The van der Waals surface area contributed by atoms with Crippen molar-refractivity contribution in [1.82, 2.24) is 14.8 Å². The Hall–Kier alpha value is -4.24. The van der Waals surface area contributed by atoms with Gasteiger partial charge in [-0.15, -0.1) is 5.10 Å². The Morgan fingerprint density at radius 1 is 0.933 bits per heavy atom. The number of carbonyl (C=O) groups excluding carboxylic acids is 1. The van der Waals surface area contributed by atoms with E-state index in [2.05, 4.69) is 29.6 Å². The van der Waals surface area contributed by atoms with Crippen LogP contribution in [0.3, 0.4) is 0 Å². The van der Waals surface area contributed by atoms with Crippen molar-refractivity contribution >= 4 is 23.7 Å². The molecule has 1 atom stereocenters. The minimum absolute atomic E-state index is 0.0688. The Bertz CT molecular complexity index is 1620. The molecule has 45 heavy (non-hydrogen) atoms. The fourth-order valence-corrected chi connectivity index (χ4v) is 6.68. The van der Waals surface area contributed by atoms with Gasteiger partial charge >= 0.3 is 5.97 Å². The summed E-state index contributed by atoms with van der Waals surface area (Å²) < 4.78 is 20.2. The molecule has 8 nitrogen and oxygen atoms in total. The molecule has 234 valence electrons. The van der Waals surface area contributed by atoms with Gasteiger partial charge in [0.05, 0.1) is 18.8 Å². The SMILES string of the molecule is CCOc1cc(C2C(C(=O)OC3CCCCC3)=C(C)Nc3nc(SCc4ccccc4)nn32)ccc1OCCc1ccccc1. The minimum atomic E-state index is -0.548. The van der Waals surface area contributed by atoms with Crippen LogP contribution in [0.1, 0.15) is 68.7 Å². The van der Waals surface area contributed by atoms with Crippen LogP contribution < -0.4 is 14.8 Å². The fourth-order valence-electron chi connectivity index (χ4n) is 5.89. The lowest BCUT2D eigenvalue weighted by atomic mass is 9.94. The van der Waals surface area contributed by atoms with Gasteiger partial charge in [0.1, 0.15) is 12.1 Å². The van der Waals surface area contributed by atoms with Crippen molar-refractivity contribution in [2.24, 2.45) is 0 Å². The van der Waals surface area contributed by atoms with Crippen LogP contribution in [-0.2, 0) is 21.7 Å². The Kier molecular flexibility index (Phi) is 10.0. The van der Waals surface area contributed by atoms with Crippen LogP contribution in [0.15, 0.2) is 95.3 Å². The highest BCUT2D eigenvalue weighted by Gasteiger charge is 2.37. The Morgan fingerprint density at radius 3 is 2.40 bits per heavy atom. The van der Waals surface area contributed by atoms with E-state index in [1.807, 2.05) is 68.4 Å². The summed E-state index contributed by atoms with van der Waals surface area (Å²) in [5, 5.41) is 8.88. The topological polar surface area (TPSA) is 87.5 Å². The molecule has 1 aliphatic heterocycles. The van der Waals surface area contributed by atoms with E-state index in [1.165, 1.54) is 17.5 Å². The number of nitrogens with zero attached hydrogens (tertiary/aromatic N) is 3. The number of allylic oxidation sites excluding steroid dienone is 1. The summed E-state index contributed by atoms with van der Waals surface area (Å²) in [5.74, 6) is 2.29. The molecule has 9 heteroatoms. The third kappa shape index (κ3) is 7.53. The van der Waals surface area contributed by atoms with Gasteiger partial charge in [-0.3, -0.25) is 0 Å². The first-order valence-corrected chi connectivity index (χ1v) is 16.8. The third-order valence-electron chi connectivity index (χ3n) is 8.16. The average Bonchev–Trinajstić information content (AvgIpc) is 3.47. The number of carbonyl (C=O) groups is 1. The van der Waals surface area contributed by atoms with Crippen molar-refractivity contribution in [3.63, 3.8) is 0 Å². The normalized spacial score (nSPS) is 16.5. The lowest BCUT2D eigenvalue weighted by Crippen LogP contribution is -2.32. The van der Waals surface area contributed by atoms with E-state index in [9.17, 15) is 4.79 Å². The number of rotatable bonds is 12. The van der Waals surface area contributed by atoms with Gasteiger partial charge in [0, 0.05) is 17.9 Å². The molecular weight excluding hydrogens is 584 g/mol. The van der Waals surface area contributed by atoms with Crippen LogP contribution in [0.2, 0.25) is 0 Å². The van der Waals surface area contributed by atoms with Crippen molar-refractivity contribution < 1.29 is 19.0 Å². The number of hydrogen-bond acceptors (Lipinski definition) is 8. The zero-order chi connectivity index (χ0) is 31.0. The molecule has 4 aromatic rings. The number of anilines is 1. The molecule has 1 saturated carbocycles. The molecule has 0 spiro atoms. The number of esters is 1. The summed E-state index contributed by atoms with van der Waals surface area (Å²) in [6, 6.07) is 25.8. The second-order valence-corrected chi connectivity index (χ2v) is 12.3. The molecule has 1 unspecified atom stereocenters. The molecule has 1 aliphatic carbocycles. The number of fused-ring (bicyclic) bond motifs is 1. The summed E-state index contributed by atoms with van der Waals surface area (Å²) in [5.41, 5.74) is 4.48. The Balaban J connectivity index is 1.30. The highest BCUT2D eigenvalue weighted by atomic mass is 32.2. The maximum atomic E-state index is 13.9. The molecule has 3 aromatic carbocycles. The molecule has 0 amide bonds. The summed E-state index contributed by atoms with van der Waals surface area (Å²) in [6.07, 6.45) is 5.86. The molecule has 1 aromatic heterocycles. The zero-order valence-electron chi connectivity index (χ0n) is 25.9. The standard InChI is InChI=1S/C36H40N4O4S/c1-3-42-31-23-28(19-20-30(31)43-22-21-26-13-7-4-8-14-26)33-32(34(41)44-29-17-11-6-12-18-29)25(2)37-35-38-36(39-40(33)35)45-24-27-15-9-5-10-16-27/h4-5,7-10,13-16,19-20,23,29,33H,3,6,11-12,17-18,21-22,24H2,1-2H3,(H,37,38,39). The monoisotopic (exact) mass is 624 g/mol. The number of benzene rings is 3. The highest BCUT2D eigenvalue weighted by molar-refractivity contribution is 7.98. The van der Waals surface area contributed by atoms with Crippen LogP contribution >= 0.6 is 11.8 Å². The molecule has 6 rings (SSSR count). The number of aromatic nitrogens is 3. The molecule has 0 bridgehead atoms. The molecule has 1 fully saturated rings. The van der Waals surface area contributed by atoms with Gasteiger partial charge in [0.15, 0.2) is 11.5 Å². The first-order chi connectivity index (χ1) is 22.1. The summed E-state index contributed by atoms with van der Waals surface area (Å²) in [7, 11) is 0. The molecule has 0 radical (unpaired) electrons. The Labute approximate surface area is 269 Å². The van der Waals surface area contributed by atoms with Crippen molar-refractivity contribution in [2.45, 2.75) is 75.4 Å². The van der Waals surface area contributed by atoms with Crippen molar-refractivity contribution in [1.29, 1.82) is 0 Å².